The highest BCUT2D eigenvalue weighted by molar-refractivity contribution is 7.99. The van der Waals surface area contributed by atoms with Crippen molar-refractivity contribution in [1.29, 1.82) is 0 Å². The first-order valence-electron chi connectivity index (χ1n) is 7.17. The maximum Gasteiger partial charge on any atom is 0.166 e. The van der Waals surface area contributed by atoms with Crippen molar-refractivity contribution in [1.82, 2.24) is 15.3 Å². The highest BCUT2D eigenvalue weighted by Gasteiger charge is 2.32. The molecule has 114 valence electrons. The summed E-state index contributed by atoms with van der Waals surface area (Å²) in [6, 6.07) is 6.37. The van der Waals surface area contributed by atoms with E-state index in [0.29, 0.717) is 6.04 Å². The van der Waals surface area contributed by atoms with E-state index in [9.17, 15) is 5.11 Å². The lowest BCUT2D eigenvalue weighted by Gasteiger charge is -2.28. The summed E-state index contributed by atoms with van der Waals surface area (Å²) in [6.45, 7) is 2.19. The molecule has 1 atom stereocenters. The van der Waals surface area contributed by atoms with E-state index in [2.05, 4.69) is 22.2 Å². The summed E-state index contributed by atoms with van der Waals surface area (Å²) in [4.78, 5) is 7.86. The van der Waals surface area contributed by atoms with Gasteiger partial charge in [0.1, 0.15) is 5.75 Å². The Morgan fingerprint density at radius 2 is 2.33 bits per heavy atom. The van der Waals surface area contributed by atoms with Crippen molar-refractivity contribution in [3.63, 3.8) is 0 Å². The van der Waals surface area contributed by atoms with Crippen LogP contribution in [0.15, 0.2) is 23.4 Å². The standard InChI is InChI=1S/C15H21N3O2S/c1-15(8-19,18-10-3-4-10)9-21-14-16-12-6-5-11(20-2)7-13(12)17-14/h5-7,10,18-19H,3-4,8-9H2,1-2H3,(H,16,17). The number of benzene rings is 1. The summed E-state index contributed by atoms with van der Waals surface area (Å²) in [5.74, 6) is 1.59. The number of nitrogens with zero attached hydrogens (tertiary/aromatic N) is 1. The van der Waals surface area contributed by atoms with Crippen LogP contribution in [0.5, 0.6) is 5.75 Å². The zero-order chi connectivity index (χ0) is 14.9. The van der Waals surface area contributed by atoms with Gasteiger partial charge >= 0.3 is 0 Å². The van der Waals surface area contributed by atoms with Crippen LogP contribution in [-0.2, 0) is 0 Å². The predicted octanol–water partition coefficient (Wildman–Crippen LogP) is 2.17. The first-order chi connectivity index (χ1) is 10.1. The number of imidazole rings is 1. The van der Waals surface area contributed by atoms with E-state index < -0.39 is 0 Å². The zero-order valence-corrected chi connectivity index (χ0v) is 13.2. The van der Waals surface area contributed by atoms with Crippen LogP contribution in [0.1, 0.15) is 19.8 Å². The topological polar surface area (TPSA) is 70.2 Å². The third kappa shape index (κ3) is 3.51. The molecule has 3 N–H and O–H groups in total. The van der Waals surface area contributed by atoms with E-state index in [1.54, 1.807) is 18.9 Å². The van der Waals surface area contributed by atoms with E-state index in [1.807, 2.05) is 18.2 Å². The molecule has 1 aromatic heterocycles. The van der Waals surface area contributed by atoms with Gasteiger partial charge < -0.3 is 20.1 Å². The first-order valence-corrected chi connectivity index (χ1v) is 8.15. The van der Waals surface area contributed by atoms with Gasteiger partial charge in [-0.2, -0.15) is 0 Å². The molecule has 1 aromatic carbocycles. The monoisotopic (exact) mass is 307 g/mol. The van der Waals surface area contributed by atoms with Gasteiger partial charge in [0.25, 0.3) is 0 Å². The number of aromatic amines is 1. The number of H-pyrrole nitrogens is 1. The lowest BCUT2D eigenvalue weighted by atomic mass is 10.1. The third-order valence-corrected chi connectivity index (χ3v) is 4.92. The maximum atomic E-state index is 9.63. The molecule has 1 fully saturated rings. The number of aromatic nitrogens is 2. The molecular formula is C15H21N3O2S. The van der Waals surface area contributed by atoms with Crippen molar-refractivity contribution in [2.45, 2.75) is 36.5 Å². The van der Waals surface area contributed by atoms with Crippen molar-refractivity contribution in [2.24, 2.45) is 0 Å². The molecule has 1 heterocycles. The molecule has 0 amide bonds. The Morgan fingerprint density at radius 1 is 1.52 bits per heavy atom. The summed E-state index contributed by atoms with van der Waals surface area (Å²) in [7, 11) is 1.66. The minimum atomic E-state index is -0.261. The summed E-state index contributed by atoms with van der Waals surface area (Å²) in [5.41, 5.74) is 1.64. The van der Waals surface area contributed by atoms with Gasteiger partial charge in [-0.25, -0.2) is 4.98 Å². The van der Waals surface area contributed by atoms with Crippen molar-refractivity contribution < 1.29 is 9.84 Å². The molecule has 5 nitrogen and oxygen atoms in total. The molecule has 1 aliphatic carbocycles. The fraction of sp³-hybridized carbons (Fsp3) is 0.533. The van der Waals surface area contributed by atoms with Gasteiger partial charge in [-0.05, 0) is 31.9 Å². The molecule has 0 spiro atoms. The van der Waals surface area contributed by atoms with Gasteiger partial charge in [0, 0.05) is 23.4 Å². The van der Waals surface area contributed by atoms with Crippen LogP contribution in [0, 0.1) is 0 Å². The Bertz CT molecular complexity index is 626. The summed E-state index contributed by atoms with van der Waals surface area (Å²) >= 11 is 1.63. The second-order valence-corrected chi connectivity index (χ2v) is 6.82. The normalized spacial score (nSPS) is 17.9. The summed E-state index contributed by atoms with van der Waals surface area (Å²) in [5, 5.41) is 14.0. The van der Waals surface area contributed by atoms with Gasteiger partial charge in [-0.15, -0.1) is 0 Å². The van der Waals surface area contributed by atoms with Crippen LogP contribution in [0.2, 0.25) is 0 Å². The Kier molecular flexibility index (Phi) is 4.10. The summed E-state index contributed by atoms with van der Waals surface area (Å²) < 4.78 is 5.22. The number of hydrogen-bond acceptors (Lipinski definition) is 5. The van der Waals surface area contributed by atoms with E-state index in [-0.39, 0.29) is 12.1 Å². The minimum Gasteiger partial charge on any atom is -0.497 e. The molecule has 0 bridgehead atoms. The van der Waals surface area contributed by atoms with Crippen molar-refractivity contribution >= 4 is 22.8 Å². The van der Waals surface area contributed by atoms with Gasteiger partial charge in [0.2, 0.25) is 0 Å². The Balaban J connectivity index is 1.69. The van der Waals surface area contributed by atoms with E-state index in [1.165, 1.54) is 12.8 Å². The van der Waals surface area contributed by atoms with Crippen molar-refractivity contribution in [2.75, 3.05) is 19.5 Å². The Morgan fingerprint density at radius 3 is 3.00 bits per heavy atom. The van der Waals surface area contributed by atoms with Crippen molar-refractivity contribution in [3.8, 4) is 5.75 Å². The van der Waals surface area contributed by atoms with Crippen LogP contribution >= 0.6 is 11.8 Å². The average molecular weight is 307 g/mol. The molecule has 1 saturated carbocycles. The van der Waals surface area contributed by atoms with Crippen LogP contribution < -0.4 is 10.1 Å². The Hall–Kier alpha value is -1.24. The van der Waals surface area contributed by atoms with Gasteiger partial charge in [0.15, 0.2) is 5.16 Å². The number of nitrogens with one attached hydrogen (secondary N) is 2. The number of thioether (sulfide) groups is 1. The van der Waals surface area contributed by atoms with Crippen LogP contribution in [-0.4, -0.2) is 46.1 Å². The zero-order valence-electron chi connectivity index (χ0n) is 12.3. The largest absolute Gasteiger partial charge is 0.497 e. The molecule has 6 heteroatoms. The quantitative estimate of drug-likeness (QED) is 0.684. The van der Waals surface area contributed by atoms with E-state index in [0.717, 1.165) is 27.7 Å². The van der Waals surface area contributed by atoms with Crippen LogP contribution in [0.4, 0.5) is 0 Å². The Labute approximate surface area is 128 Å². The van der Waals surface area contributed by atoms with Gasteiger partial charge in [0.05, 0.1) is 24.8 Å². The molecule has 21 heavy (non-hydrogen) atoms. The third-order valence-electron chi connectivity index (χ3n) is 3.67. The van der Waals surface area contributed by atoms with Crippen molar-refractivity contribution in [3.05, 3.63) is 18.2 Å². The highest BCUT2D eigenvalue weighted by atomic mass is 32.2. The van der Waals surface area contributed by atoms with Gasteiger partial charge in [-0.1, -0.05) is 11.8 Å². The molecule has 0 saturated heterocycles. The minimum absolute atomic E-state index is 0.130. The molecule has 1 unspecified atom stereocenters. The second kappa shape index (κ2) is 5.87. The molecule has 0 radical (unpaired) electrons. The lowest BCUT2D eigenvalue weighted by Crippen LogP contribution is -2.49. The second-order valence-electron chi connectivity index (χ2n) is 5.85. The average Bonchev–Trinajstić information content (AvgIpc) is 3.20. The number of rotatable bonds is 7. The number of fused-ring (bicyclic) bond motifs is 1. The summed E-state index contributed by atoms with van der Waals surface area (Å²) in [6.07, 6.45) is 2.43. The van der Waals surface area contributed by atoms with Crippen LogP contribution in [0.25, 0.3) is 11.0 Å². The fourth-order valence-corrected chi connectivity index (χ4v) is 3.22. The lowest BCUT2D eigenvalue weighted by molar-refractivity contribution is 0.190. The molecule has 0 aliphatic heterocycles. The molecule has 2 aromatic rings. The molecule has 1 aliphatic rings. The predicted molar refractivity (Wildman–Crippen MR) is 85.0 cm³/mol. The maximum absolute atomic E-state index is 9.63. The number of methoxy groups -OCH3 is 1. The SMILES string of the molecule is COc1ccc2nc(SCC(C)(CO)NC3CC3)[nH]c2c1. The molecular weight excluding hydrogens is 286 g/mol. The smallest absolute Gasteiger partial charge is 0.166 e. The highest BCUT2D eigenvalue weighted by Crippen LogP contribution is 2.28. The fourth-order valence-electron chi connectivity index (χ4n) is 2.24. The van der Waals surface area contributed by atoms with Crippen LogP contribution in [0.3, 0.4) is 0 Å². The number of ether oxygens (including phenoxy) is 1. The number of hydrogen-bond donors (Lipinski definition) is 3. The number of aliphatic hydroxyl groups is 1. The molecule has 3 rings (SSSR count). The van der Waals surface area contributed by atoms with E-state index in [4.69, 9.17) is 4.74 Å². The van der Waals surface area contributed by atoms with Gasteiger partial charge in [-0.3, -0.25) is 0 Å². The van der Waals surface area contributed by atoms with E-state index >= 15 is 0 Å². The number of aliphatic hydroxyl groups excluding tert-OH is 1. The first kappa shape index (κ1) is 14.7.